The Morgan fingerprint density at radius 2 is 2.11 bits per heavy atom. The van der Waals surface area contributed by atoms with Gasteiger partial charge in [0.25, 0.3) is 0 Å². The first-order valence-corrected chi connectivity index (χ1v) is 6.44. The van der Waals surface area contributed by atoms with E-state index in [0.29, 0.717) is 26.0 Å². The Morgan fingerprint density at radius 1 is 1.37 bits per heavy atom. The van der Waals surface area contributed by atoms with E-state index >= 15 is 0 Å². The molecule has 0 spiro atoms. The van der Waals surface area contributed by atoms with Crippen LogP contribution in [0.4, 0.5) is 0 Å². The fourth-order valence-corrected chi connectivity index (χ4v) is 1.69. The van der Waals surface area contributed by atoms with Gasteiger partial charge in [0.05, 0.1) is 18.8 Å². The van der Waals surface area contributed by atoms with E-state index in [9.17, 15) is 9.59 Å². The number of ether oxygens (including phenoxy) is 1. The van der Waals surface area contributed by atoms with Crippen molar-refractivity contribution in [2.75, 3.05) is 13.7 Å². The molecule has 0 saturated heterocycles. The summed E-state index contributed by atoms with van der Waals surface area (Å²) in [5, 5.41) is 10.3. The molecule has 7 heteroatoms. The summed E-state index contributed by atoms with van der Waals surface area (Å²) >= 11 is 0. The van der Waals surface area contributed by atoms with E-state index in [1.165, 1.54) is 0 Å². The van der Waals surface area contributed by atoms with Gasteiger partial charge in [0.15, 0.2) is 5.69 Å². The maximum absolute atomic E-state index is 11.7. The van der Waals surface area contributed by atoms with E-state index < -0.39 is 5.97 Å². The number of nitrogens with one attached hydrogen (secondary N) is 1. The molecule has 0 fully saturated rings. The van der Waals surface area contributed by atoms with Crippen LogP contribution in [0.5, 0.6) is 0 Å². The zero-order valence-corrected chi connectivity index (χ0v) is 11.6. The molecule has 0 aromatic carbocycles. The second kappa shape index (κ2) is 7.50. The Morgan fingerprint density at radius 3 is 2.68 bits per heavy atom. The van der Waals surface area contributed by atoms with Gasteiger partial charge in [-0.3, -0.25) is 4.79 Å². The third kappa shape index (κ3) is 4.04. The normalized spacial score (nSPS) is 10.3. The lowest BCUT2D eigenvalue weighted by molar-refractivity contribution is -0.120. The monoisotopic (exact) mass is 268 g/mol. The van der Waals surface area contributed by atoms with Gasteiger partial charge in [-0.2, -0.15) is 0 Å². The Labute approximate surface area is 112 Å². The summed E-state index contributed by atoms with van der Waals surface area (Å²) in [5.74, 6) is -0.534. The predicted octanol–water partition coefficient (Wildman–Crippen LogP) is 0.543. The minimum Gasteiger partial charge on any atom is -0.461 e. The number of esters is 1. The SMILES string of the molecule is CCCc1c(C(=O)OCC)nnn1CCC(=O)NC. The van der Waals surface area contributed by atoms with Gasteiger partial charge in [0, 0.05) is 13.5 Å². The first-order valence-electron chi connectivity index (χ1n) is 6.44. The van der Waals surface area contributed by atoms with E-state index in [-0.39, 0.29) is 11.6 Å². The molecule has 1 N–H and O–H groups in total. The molecule has 7 nitrogen and oxygen atoms in total. The highest BCUT2D eigenvalue weighted by atomic mass is 16.5. The molecule has 106 valence electrons. The molecule has 0 atom stereocenters. The highest BCUT2D eigenvalue weighted by Crippen LogP contribution is 2.10. The fourth-order valence-electron chi connectivity index (χ4n) is 1.69. The third-order valence-electron chi connectivity index (χ3n) is 2.62. The molecule has 0 bridgehead atoms. The van der Waals surface area contributed by atoms with Crippen molar-refractivity contribution in [3.8, 4) is 0 Å². The first-order chi connectivity index (χ1) is 9.13. The van der Waals surface area contributed by atoms with Crippen LogP contribution in [-0.4, -0.2) is 40.5 Å². The molecule has 1 amide bonds. The lowest BCUT2D eigenvalue weighted by Gasteiger charge is -2.06. The fraction of sp³-hybridized carbons (Fsp3) is 0.667. The third-order valence-corrected chi connectivity index (χ3v) is 2.62. The quantitative estimate of drug-likeness (QED) is 0.729. The van der Waals surface area contributed by atoms with E-state index in [1.54, 1.807) is 18.7 Å². The molecule has 0 aliphatic carbocycles. The summed E-state index contributed by atoms with van der Waals surface area (Å²) in [6.45, 7) is 4.45. The number of carbonyl (C=O) groups is 2. The second-order valence-electron chi connectivity index (χ2n) is 4.00. The van der Waals surface area contributed by atoms with Crippen molar-refractivity contribution in [2.45, 2.75) is 39.7 Å². The van der Waals surface area contributed by atoms with Crippen molar-refractivity contribution >= 4 is 11.9 Å². The Balaban J connectivity index is 2.86. The van der Waals surface area contributed by atoms with Gasteiger partial charge in [-0.15, -0.1) is 5.10 Å². The topological polar surface area (TPSA) is 86.1 Å². The van der Waals surface area contributed by atoms with Crippen LogP contribution in [-0.2, 0) is 22.5 Å². The van der Waals surface area contributed by atoms with Crippen LogP contribution in [0.2, 0.25) is 0 Å². The van der Waals surface area contributed by atoms with Gasteiger partial charge in [-0.1, -0.05) is 18.6 Å². The molecule has 1 aromatic heterocycles. The van der Waals surface area contributed by atoms with Crippen molar-refractivity contribution in [3.05, 3.63) is 11.4 Å². The Hall–Kier alpha value is -1.92. The summed E-state index contributed by atoms with van der Waals surface area (Å²) in [5.41, 5.74) is 0.977. The zero-order chi connectivity index (χ0) is 14.3. The number of hydrogen-bond donors (Lipinski definition) is 1. The smallest absolute Gasteiger partial charge is 0.360 e. The molecule has 1 heterocycles. The summed E-state index contributed by atoms with van der Waals surface area (Å²) in [4.78, 5) is 23.0. The van der Waals surface area contributed by atoms with Crippen molar-refractivity contribution in [1.29, 1.82) is 0 Å². The van der Waals surface area contributed by atoms with Crippen LogP contribution >= 0.6 is 0 Å². The molecule has 0 aliphatic rings. The van der Waals surface area contributed by atoms with E-state index in [2.05, 4.69) is 15.6 Å². The first kappa shape index (κ1) is 15.1. The van der Waals surface area contributed by atoms with E-state index in [4.69, 9.17) is 4.74 Å². The Bertz CT molecular complexity index is 442. The van der Waals surface area contributed by atoms with Crippen LogP contribution in [0.25, 0.3) is 0 Å². The summed E-state index contributed by atoms with van der Waals surface area (Å²) < 4.78 is 6.54. The minimum absolute atomic E-state index is 0.0735. The number of carbonyl (C=O) groups excluding carboxylic acids is 2. The molecule has 1 aromatic rings. The van der Waals surface area contributed by atoms with Gasteiger partial charge in [-0.05, 0) is 13.3 Å². The highest BCUT2D eigenvalue weighted by Gasteiger charge is 2.20. The molecule has 0 unspecified atom stereocenters. The zero-order valence-electron chi connectivity index (χ0n) is 11.6. The summed E-state index contributed by atoms with van der Waals surface area (Å²) in [6, 6.07) is 0. The highest BCUT2D eigenvalue weighted by molar-refractivity contribution is 5.88. The maximum atomic E-state index is 11.7. The molecular weight excluding hydrogens is 248 g/mol. The van der Waals surface area contributed by atoms with Gasteiger partial charge >= 0.3 is 5.97 Å². The lowest BCUT2D eigenvalue weighted by Crippen LogP contribution is -2.20. The van der Waals surface area contributed by atoms with Crippen molar-refractivity contribution < 1.29 is 14.3 Å². The second-order valence-corrected chi connectivity index (χ2v) is 4.00. The molecule has 19 heavy (non-hydrogen) atoms. The number of nitrogens with zero attached hydrogens (tertiary/aromatic N) is 3. The van der Waals surface area contributed by atoms with Crippen molar-refractivity contribution in [2.24, 2.45) is 0 Å². The maximum Gasteiger partial charge on any atom is 0.360 e. The van der Waals surface area contributed by atoms with Gasteiger partial charge < -0.3 is 10.1 Å². The summed E-state index contributed by atoms with van der Waals surface area (Å²) in [7, 11) is 1.58. The molecule has 0 saturated carbocycles. The van der Waals surface area contributed by atoms with Crippen molar-refractivity contribution in [1.82, 2.24) is 20.3 Å². The van der Waals surface area contributed by atoms with Crippen LogP contribution in [0, 0.1) is 0 Å². The average Bonchev–Trinajstić information content (AvgIpc) is 2.80. The number of amides is 1. The van der Waals surface area contributed by atoms with Crippen molar-refractivity contribution in [3.63, 3.8) is 0 Å². The molecule has 0 aliphatic heterocycles. The van der Waals surface area contributed by atoms with Crippen LogP contribution < -0.4 is 5.32 Å². The molecule has 1 rings (SSSR count). The van der Waals surface area contributed by atoms with E-state index in [0.717, 1.165) is 12.1 Å². The van der Waals surface area contributed by atoms with Crippen LogP contribution in [0.3, 0.4) is 0 Å². The number of aryl methyl sites for hydroxylation is 1. The lowest BCUT2D eigenvalue weighted by atomic mass is 10.2. The predicted molar refractivity (Wildman–Crippen MR) is 68.7 cm³/mol. The number of rotatable bonds is 7. The number of hydrogen-bond acceptors (Lipinski definition) is 5. The van der Waals surface area contributed by atoms with Gasteiger partial charge in [0.2, 0.25) is 5.91 Å². The number of aromatic nitrogens is 3. The van der Waals surface area contributed by atoms with E-state index in [1.807, 2.05) is 6.92 Å². The van der Waals surface area contributed by atoms with Gasteiger partial charge in [-0.25, -0.2) is 9.48 Å². The largest absolute Gasteiger partial charge is 0.461 e. The standard InChI is InChI=1S/C12H20N4O3/c1-4-6-9-11(12(18)19-5-2)14-15-16(9)8-7-10(17)13-3/h4-8H2,1-3H3,(H,13,17). The average molecular weight is 268 g/mol. The summed E-state index contributed by atoms with van der Waals surface area (Å²) in [6.07, 6.45) is 1.84. The van der Waals surface area contributed by atoms with Crippen LogP contribution in [0.15, 0.2) is 0 Å². The van der Waals surface area contributed by atoms with Crippen LogP contribution in [0.1, 0.15) is 42.9 Å². The molecule has 0 radical (unpaired) electrons. The minimum atomic E-state index is -0.461. The Kier molecular flexibility index (Phi) is 5.98. The molecular formula is C12H20N4O3. The van der Waals surface area contributed by atoms with Gasteiger partial charge in [0.1, 0.15) is 0 Å².